The number of benzene rings is 4. The Labute approximate surface area is 293 Å². The van der Waals surface area contributed by atoms with Crippen LogP contribution < -0.4 is 10.6 Å². The fourth-order valence-corrected chi connectivity index (χ4v) is 6.86. The van der Waals surface area contributed by atoms with Crippen LogP contribution in [0.1, 0.15) is 47.9 Å². The second-order valence-electron chi connectivity index (χ2n) is 12.9. The summed E-state index contributed by atoms with van der Waals surface area (Å²) in [5.74, 6) is -0.158. The van der Waals surface area contributed by atoms with Gasteiger partial charge in [0.2, 0.25) is 0 Å². The van der Waals surface area contributed by atoms with Gasteiger partial charge in [0.15, 0.2) is 12.2 Å². The summed E-state index contributed by atoms with van der Waals surface area (Å²) in [7, 11) is 0. The first-order chi connectivity index (χ1) is 24.4. The lowest BCUT2D eigenvalue weighted by Crippen LogP contribution is -2.34. The van der Waals surface area contributed by atoms with E-state index in [-0.39, 0.29) is 23.3 Å². The number of nitrogens with one attached hydrogen (secondary N) is 2. The summed E-state index contributed by atoms with van der Waals surface area (Å²) >= 11 is 0. The predicted octanol–water partition coefficient (Wildman–Crippen LogP) is 7.81. The van der Waals surface area contributed by atoms with E-state index in [2.05, 4.69) is 60.2 Å². The second-order valence-corrected chi connectivity index (χ2v) is 12.9. The number of hydrogen-bond acceptors (Lipinski definition) is 6. The molecule has 1 unspecified atom stereocenters. The fraction of sp³-hybridized carbons (Fsp3) is 0.286. The van der Waals surface area contributed by atoms with Gasteiger partial charge in [0, 0.05) is 24.6 Å². The highest BCUT2D eigenvalue weighted by Crippen LogP contribution is 2.39. The zero-order valence-electron chi connectivity index (χ0n) is 28.2. The molecular formula is C42H42N2O6. The van der Waals surface area contributed by atoms with Gasteiger partial charge in [-0.1, -0.05) is 73.8 Å². The van der Waals surface area contributed by atoms with Crippen LogP contribution in [0.4, 0.5) is 11.4 Å². The number of amides is 2. The lowest BCUT2D eigenvalue weighted by atomic mass is 10.1. The molecule has 2 atom stereocenters. The van der Waals surface area contributed by atoms with Gasteiger partial charge >= 0.3 is 0 Å². The van der Waals surface area contributed by atoms with E-state index < -0.39 is 12.2 Å². The average Bonchev–Trinajstić information content (AvgIpc) is 3.67. The molecule has 4 aromatic rings. The number of carbonyl (C=O) groups is 2. The number of anilines is 2. The molecule has 2 aliphatic carbocycles. The third-order valence-corrected chi connectivity index (χ3v) is 9.40. The minimum Gasteiger partial charge on any atom is -0.495 e. The van der Waals surface area contributed by atoms with Gasteiger partial charge in [0.1, 0.15) is 11.5 Å². The van der Waals surface area contributed by atoms with E-state index in [0.717, 1.165) is 12.8 Å². The van der Waals surface area contributed by atoms with Crippen molar-refractivity contribution < 1.29 is 28.5 Å². The molecular weight excluding hydrogens is 628 g/mol. The van der Waals surface area contributed by atoms with Crippen LogP contribution >= 0.6 is 0 Å². The van der Waals surface area contributed by atoms with Gasteiger partial charge in [0.25, 0.3) is 11.8 Å². The van der Waals surface area contributed by atoms with Crippen molar-refractivity contribution in [2.45, 2.75) is 50.7 Å². The van der Waals surface area contributed by atoms with E-state index in [1.165, 1.54) is 44.5 Å². The Bertz CT molecular complexity index is 1790. The van der Waals surface area contributed by atoms with E-state index in [4.69, 9.17) is 18.9 Å². The predicted molar refractivity (Wildman–Crippen MR) is 195 cm³/mol. The lowest BCUT2D eigenvalue weighted by Gasteiger charge is -2.22. The summed E-state index contributed by atoms with van der Waals surface area (Å²) in [6.45, 7) is 9.29. The molecule has 0 aromatic heterocycles. The fourth-order valence-electron chi connectivity index (χ4n) is 6.86. The first-order valence-electron chi connectivity index (χ1n) is 17.3. The Balaban J connectivity index is 0.932. The normalized spacial score (nSPS) is 19.2. The highest BCUT2D eigenvalue weighted by molar-refractivity contribution is 5.97. The molecule has 2 N–H and O–H groups in total. The Kier molecular flexibility index (Phi) is 10.1. The van der Waals surface area contributed by atoms with Crippen LogP contribution in [0.3, 0.4) is 0 Å². The third kappa shape index (κ3) is 7.37. The maximum absolute atomic E-state index is 13.4. The third-order valence-electron chi connectivity index (χ3n) is 9.40. The van der Waals surface area contributed by atoms with E-state index in [1.807, 2.05) is 48.5 Å². The van der Waals surface area contributed by atoms with Crippen molar-refractivity contribution in [3.63, 3.8) is 0 Å². The van der Waals surface area contributed by atoms with Gasteiger partial charge in [0.05, 0.1) is 13.2 Å². The van der Waals surface area contributed by atoms with Crippen molar-refractivity contribution in [1.29, 1.82) is 0 Å². The molecule has 50 heavy (non-hydrogen) atoms. The van der Waals surface area contributed by atoms with Crippen LogP contribution in [-0.2, 0) is 41.4 Å². The standard InChI is InChI=1S/C42H42N2O6/c1-27-39(41(45)43-33-15-17-37-31(25-33)23-29-11-3-5-13-35(29)37)49-21-10-8-20-48-28(2)40(50-22-9-7-19-47-27)42(46)44-34-16-18-38-32(26-34)24-30-12-4-6-14-36(30)38/h3-6,11-18,25-26,39-40H,1-2,7-10,19-24H2,(H,43,45)(H,44,46)/t39-,40?/m0/s1. The summed E-state index contributed by atoms with van der Waals surface area (Å²) in [5.41, 5.74) is 11.2. The number of ether oxygens (including phenoxy) is 4. The summed E-state index contributed by atoms with van der Waals surface area (Å²) in [4.78, 5) is 26.9. The van der Waals surface area contributed by atoms with Crippen molar-refractivity contribution in [2.24, 2.45) is 0 Å². The number of fused-ring (bicyclic) bond motifs is 6. The molecule has 0 radical (unpaired) electrons. The van der Waals surface area contributed by atoms with Crippen molar-refractivity contribution in [1.82, 2.24) is 0 Å². The minimum atomic E-state index is -0.970. The summed E-state index contributed by atoms with van der Waals surface area (Å²) in [6, 6.07) is 28.7. The second kappa shape index (κ2) is 15.2. The summed E-state index contributed by atoms with van der Waals surface area (Å²) < 4.78 is 23.9. The van der Waals surface area contributed by atoms with Crippen LogP contribution in [0, 0.1) is 0 Å². The van der Waals surface area contributed by atoms with E-state index in [1.54, 1.807) is 0 Å². The molecule has 1 saturated heterocycles. The zero-order valence-corrected chi connectivity index (χ0v) is 28.2. The minimum absolute atomic E-state index is 0.253. The number of rotatable bonds is 4. The molecule has 8 heteroatoms. The molecule has 0 bridgehead atoms. The van der Waals surface area contributed by atoms with E-state index >= 15 is 0 Å². The topological polar surface area (TPSA) is 95.1 Å². The van der Waals surface area contributed by atoms with Crippen LogP contribution in [0.25, 0.3) is 22.3 Å². The Morgan fingerprint density at radius 3 is 1.38 bits per heavy atom. The summed E-state index contributed by atoms with van der Waals surface area (Å²) in [6.07, 6.45) is 2.17. The summed E-state index contributed by atoms with van der Waals surface area (Å²) in [5, 5.41) is 6.01. The SMILES string of the molecule is C=C1OCCCCO[C@H](C(=O)Nc2ccc3c(c2)Cc2ccccc2-3)C(=C)OCCCCOC1C(=O)Nc1ccc2c(c1)Cc1ccccc1-2. The molecule has 0 spiro atoms. The zero-order chi connectivity index (χ0) is 34.5. The smallest absolute Gasteiger partial charge is 0.261 e. The van der Waals surface area contributed by atoms with Crippen molar-refractivity contribution >= 4 is 23.2 Å². The molecule has 2 amide bonds. The first kappa shape index (κ1) is 33.3. The Morgan fingerprint density at radius 1 is 0.520 bits per heavy atom. The van der Waals surface area contributed by atoms with Crippen LogP contribution in [0.5, 0.6) is 0 Å². The van der Waals surface area contributed by atoms with Gasteiger partial charge in [-0.3, -0.25) is 9.59 Å². The maximum Gasteiger partial charge on any atom is 0.261 e. The Hall–Kier alpha value is -5.18. The van der Waals surface area contributed by atoms with E-state index in [0.29, 0.717) is 63.5 Å². The molecule has 8 nitrogen and oxygen atoms in total. The van der Waals surface area contributed by atoms with Crippen molar-refractivity contribution in [3.05, 3.63) is 132 Å². The van der Waals surface area contributed by atoms with Crippen LogP contribution in [0.2, 0.25) is 0 Å². The molecule has 0 saturated carbocycles. The lowest BCUT2D eigenvalue weighted by molar-refractivity contribution is -0.127. The van der Waals surface area contributed by atoms with Crippen LogP contribution in [-0.4, -0.2) is 50.4 Å². The largest absolute Gasteiger partial charge is 0.495 e. The molecule has 4 aromatic carbocycles. The Morgan fingerprint density at radius 2 is 0.920 bits per heavy atom. The quantitative estimate of drug-likeness (QED) is 0.199. The highest BCUT2D eigenvalue weighted by Gasteiger charge is 2.28. The highest BCUT2D eigenvalue weighted by atomic mass is 16.5. The van der Waals surface area contributed by atoms with Gasteiger partial charge in [-0.25, -0.2) is 0 Å². The number of hydrogen-bond donors (Lipinski definition) is 2. The van der Waals surface area contributed by atoms with E-state index in [9.17, 15) is 9.59 Å². The van der Waals surface area contributed by atoms with Crippen molar-refractivity contribution in [2.75, 3.05) is 37.1 Å². The monoisotopic (exact) mass is 670 g/mol. The maximum atomic E-state index is 13.4. The molecule has 1 aliphatic heterocycles. The molecule has 3 aliphatic rings. The van der Waals surface area contributed by atoms with Gasteiger partial charge < -0.3 is 29.6 Å². The van der Waals surface area contributed by atoms with Gasteiger partial charge in [-0.15, -0.1) is 0 Å². The first-order valence-corrected chi connectivity index (χ1v) is 17.3. The molecule has 256 valence electrons. The molecule has 1 heterocycles. The molecule has 7 rings (SSSR count). The van der Waals surface area contributed by atoms with Gasteiger partial charge in [-0.05, 0) is 107 Å². The number of carbonyl (C=O) groups excluding carboxylic acids is 2. The van der Waals surface area contributed by atoms with Crippen LogP contribution in [0.15, 0.2) is 110 Å². The average molecular weight is 671 g/mol. The van der Waals surface area contributed by atoms with Gasteiger partial charge in [-0.2, -0.15) is 0 Å². The molecule has 1 fully saturated rings. The van der Waals surface area contributed by atoms with Crippen molar-refractivity contribution in [3.8, 4) is 22.3 Å².